The normalized spacial score (nSPS) is 10.8. The average molecular weight is 275 g/mol. The maximum absolute atomic E-state index is 5.75. The Morgan fingerprint density at radius 1 is 1.10 bits per heavy atom. The van der Waals surface area contributed by atoms with Gasteiger partial charge in [0.1, 0.15) is 23.9 Å². The smallest absolute Gasteiger partial charge is 0.124 e. The predicted octanol–water partition coefficient (Wildman–Crippen LogP) is 3.37. The lowest BCUT2D eigenvalue weighted by atomic mass is 10.2. The highest BCUT2D eigenvalue weighted by molar-refractivity contribution is 5.31. The molecule has 2 rings (SSSR count). The largest absolute Gasteiger partial charge is 0.497 e. The Kier molecular flexibility index (Phi) is 5.07. The Hall–Kier alpha value is -1.94. The number of methoxy groups -OCH3 is 1. The molecule has 0 aliphatic heterocycles. The van der Waals surface area contributed by atoms with E-state index in [2.05, 4.69) is 19.2 Å². The van der Waals surface area contributed by atoms with E-state index in [1.807, 2.05) is 30.3 Å². The molecule has 0 atom stereocenters. The fraction of sp³-hybridized carbons (Fsp3) is 0.375. The number of hydrogen-bond donors (Lipinski definition) is 1. The first-order chi connectivity index (χ1) is 9.69. The van der Waals surface area contributed by atoms with Crippen LogP contribution in [0.5, 0.6) is 11.5 Å². The van der Waals surface area contributed by atoms with Crippen molar-refractivity contribution in [2.75, 3.05) is 7.11 Å². The molecule has 0 unspecified atom stereocenters. The molecule has 4 nitrogen and oxygen atoms in total. The van der Waals surface area contributed by atoms with Crippen LogP contribution in [0.2, 0.25) is 0 Å². The number of hydrogen-bond acceptors (Lipinski definition) is 4. The maximum Gasteiger partial charge on any atom is 0.124 e. The number of furan rings is 1. The highest BCUT2D eigenvalue weighted by atomic mass is 16.5. The summed E-state index contributed by atoms with van der Waals surface area (Å²) >= 11 is 0. The number of rotatable bonds is 7. The van der Waals surface area contributed by atoms with Gasteiger partial charge in [-0.25, -0.2) is 0 Å². The van der Waals surface area contributed by atoms with Gasteiger partial charge in [-0.1, -0.05) is 13.8 Å². The molecule has 0 fully saturated rings. The summed E-state index contributed by atoms with van der Waals surface area (Å²) in [4.78, 5) is 0. The minimum Gasteiger partial charge on any atom is -0.497 e. The first-order valence-corrected chi connectivity index (χ1v) is 6.74. The molecule has 20 heavy (non-hydrogen) atoms. The van der Waals surface area contributed by atoms with Gasteiger partial charge in [-0.05, 0) is 30.3 Å². The predicted molar refractivity (Wildman–Crippen MR) is 78.0 cm³/mol. The molecule has 0 amide bonds. The summed E-state index contributed by atoms with van der Waals surface area (Å²) in [5, 5.41) is 3.34. The quantitative estimate of drug-likeness (QED) is 0.841. The summed E-state index contributed by atoms with van der Waals surface area (Å²) < 4.78 is 16.3. The highest BCUT2D eigenvalue weighted by Gasteiger charge is 2.07. The van der Waals surface area contributed by atoms with Crippen LogP contribution < -0.4 is 14.8 Å². The Morgan fingerprint density at radius 2 is 1.80 bits per heavy atom. The summed E-state index contributed by atoms with van der Waals surface area (Å²) in [5.74, 6) is 2.56. The molecule has 2 aromatic rings. The van der Waals surface area contributed by atoms with E-state index in [0.29, 0.717) is 19.2 Å². The molecule has 108 valence electrons. The molecule has 0 radical (unpaired) electrons. The summed E-state index contributed by atoms with van der Waals surface area (Å²) in [6, 6.07) is 9.92. The first kappa shape index (κ1) is 14.5. The Balaban J connectivity index is 1.91. The van der Waals surface area contributed by atoms with Crippen LogP contribution in [0.3, 0.4) is 0 Å². The van der Waals surface area contributed by atoms with Crippen molar-refractivity contribution in [3.63, 3.8) is 0 Å². The van der Waals surface area contributed by atoms with Crippen molar-refractivity contribution in [2.45, 2.75) is 33.0 Å². The van der Waals surface area contributed by atoms with Crippen LogP contribution in [0.4, 0.5) is 0 Å². The average Bonchev–Trinajstić information content (AvgIpc) is 2.91. The van der Waals surface area contributed by atoms with Gasteiger partial charge in [-0.15, -0.1) is 0 Å². The molecule has 1 heterocycles. The van der Waals surface area contributed by atoms with Gasteiger partial charge in [0.25, 0.3) is 0 Å². The number of benzene rings is 1. The zero-order valence-electron chi connectivity index (χ0n) is 12.2. The summed E-state index contributed by atoms with van der Waals surface area (Å²) in [6.07, 6.45) is 1.70. The van der Waals surface area contributed by atoms with E-state index < -0.39 is 0 Å². The van der Waals surface area contributed by atoms with Crippen molar-refractivity contribution in [1.82, 2.24) is 5.32 Å². The lowest BCUT2D eigenvalue weighted by Gasteiger charge is -2.09. The van der Waals surface area contributed by atoms with Crippen molar-refractivity contribution in [1.29, 1.82) is 0 Å². The van der Waals surface area contributed by atoms with Crippen LogP contribution in [0.15, 0.2) is 41.0 Å². The van der Waals surface area contributed by atoms with E-state index in [-0.39, 0.29) is 0 Å². The van der Waals surface area contributed by atoms with E-state index in [1.54, 1.807) is 13.4 Å². The van der Waals surface area contributed by atoms with Crippen molar-refractivity contribution in [3.05, 3.63) is 47.9 Å². The van der Waals surface area contributed by atoms with E-state index in [1.165, 1.54) is 0 Å². The van der Waals surface area contributed by atoms with E-state index in [0.717, 1.165) is 22.8 Å². The van der Waals surface area contributed by atoms with Crippen LogP contribution in [-0.2, 0) is 13.2 Å². The lowest BCUT2D eigenvalue weighted by Crippen LogP contribution is -2.22. The van der Waals surface area contributed by atoms with E-state index >= 15 is 0 Å². The molecule has 0 aliphatic carbocycles. The fourth-order valence-electron chi connectivity index (χ4n) is 1.78. The number of nitrogens with one attached hydrogen (secondary N) is 1. The van der Waals surface area contributed by atoms with Gasteiger partial charge in [-0.3, -0.25) is 0 Å². The lowest BCUT2D eigenvalue weighted by molar-refractivity contribution is 0.300. The number of ether oxygens (including phenoxy) is 2. The van der Waals surface area contributed by atoms with Crippen LogP contribution >= 0.6 is 0 Å². The molecular weight excluding hydrogens is 254 g/mol. The SMILES string of the molecule is COc1ccc(OCc2ccoc2CNC(C)C)cc1. The fourth-order valence-corrected chi connectivity index (χ4v) is 1.78. The molecule has 1 aromatic heterocycles. The molecule has 4 heteroatoms. The van der Waals surface area contributed by atoms with Crippen molar-refractivity contribution < 1.29 is 13.9 Å². The zero-order chi connectivity index (χ0) is 14.4. The Bertz CT molecular complexity index is 517. The van der Waals surface area contributed by atoms with Crippen molar-refractivity contribution >= 4 is 0 Å². The molecule has 0 saturated carbocycles. The van der Waals surface area contributed by atoms with Crippen LogP contribution in [0.1, 0.15) is 25.2 Å². The minimum atomic E-state index is 0.426. The zero-order valence-corrected chi connectivity index (χ0v) is 12.2. The third-order valence-corrected chi connectivity index (χ3v) is 2.96. The second kappa shape index (κ2) is 7.01. The third kappa shape index (κ3) is 4.03. The Morgan fingerprint density at radius 3 is 2.45 bits per heavy atom. The van der Waals surface area contributed by atoms with Crippen molar-refractivity contribution in [2.24, 2.45) is 0 Å². The minimum absolute atomic E-state index is 0.426. The monoisotopic (exact) mass is 275 g/mol. The maximum atomic E-state index is 5.75. The van der Waals surface area contributed by atoms with Gasteiger partial charge in [0.05, 0.1) is 19.9 Å². The second-order valence-corrected chi connectivity index (χ2v) is 4.87. The van der Waals surface area contributed by atoms with E-state index in [4.69, 9.17) is 13.9 Å². The van der Waals surface area contributed by atoms with Gasteiger partial charge < -0.3 is 19.2 Å². The third-order valence-electron chi connectivity index (χ3n) is 2.96. The van der Waals surface area contributed by atoms with Crippen LogP contribution in [0, 0.1) is 0 Å². The standard InChI is InChI=1S/C16H21NO3/c1-12(2)17-10-16-13(8-9-19-16)11-20-15-6-4-14(18-3)5-7-15/h4-9,12,17H,10-11H2,1-3H3. The van der Waals surface area contributed by atoms with Gasteiger partial charge in [0.15, 0.2) is 0 Å². The molecule has 0 saturated heterocycles. The van der Waals surface area contributed by atoms with E-state index in [9.17, 15) is 0 Å². The topological polar surface area (TPSA) is 43.6 Å². The molecule has 1 N–H and O–H groups in total. The molecule has 0 spiro atoms. The second-order valence-electron chi connectivity index (χ2n) is 4.87. The van der Waals surface area contributed by atoms with Crippen LogP contribution in [-0.4, -0.2) is 13.2 Å². The summed E-state index contributed by atoms with van der Waals surface area (Å²) in [7, 11) is 1.65. The van der Waals surface area contributed by atoms with Gasteiger partial charge in [0, 0.05) is 11.6 Å². The van der Waals surface area contributed by atoms with Gasteiger partial charge >= 0.3 is 0 Å². The van der Waals surface area contributed by atoms with Gasteiger partial charge in [-0.2, -0.15) is 0 Å². The van der Waals surface area contributed by atoms with Gasteiger partial charge in [0.2, 0.25) is 0 Å². The highest BCUT2D eigenvalue weighted by Crippen LogP contribution is 2.19. The molecular formula is C16H21NO3. The molecule has 0 aliphatic rings. The summed E-state index contributed by atoms with van der Waals surface area (Å²) in [5.41, 5.74) is 1.06. The van der Waals surface area contributed by atoms with Crippen LogP contribution in [0.25, 0.3) is 0 Å². The molecule has 0 bridgehead atoms. The first-order valence-electron chi connectivity index (χ1n) is 6.74. The van der Waals surface area contributed by atoms with Crippen molar-refractivity contribution in [3.8, 4) is 11.5 Å². The molecule has 1 aromatic carbocycles. The summed E-state index contributed by atoms with van der Waals surface area (Å²) in [6.45, 7) is 5.43. The Labute approximate surface area is 119 Å².